The minimum atomic E-state index is -0.0670. The lowest BCUT2D eigenvalue weighted by molar-refractivity contribution is -0.116. The Balaban J connectivity index is 1.33. The predicted molar refractivity (Wildman–Crippen MR) is 121 cm³/mol. The van der Waals surface area contributed by atoms with E-state index in [1.54, 1.807) is 4.52 Å². The largest absolute Gasteiger partial charge is 0.494 e. The van der Waals surface area contributed by atoms with Crippen molar-refractivity contribution in [1.29, 1.82) is 0 Å². The van der Waals surface area contributed by atoms with E-state index in [2.05, 4.69) is 20.4 Å². The third-order valence-corrected chi connectivity index (χ3v) is 5.10. The topological polar surface area (TPSA) is 90.6 Å². The van der Waals surface area contributed by atoms with Crippen molar-refractivity contribution in [1.82, 2.24) is 19.6 Å². The molecule has 0 saturated heterocycles. The number of hydrogen-bond donors (Lipinski definition) is 1. The van der Waals surface area contributed by atoms with Gasteiger partial charge in [-0.15, -0.1) is 0 Å². The number of aryl methyl sites for hydroxylation is 2. The van der Waals surface area contributed by atoms with E-state index in [-0.39, 0.29) is 5.91 Å². The fourth-order valence-electron chi connectivity index (χ4n) is 3.49. The summed E-state index contributed by atoms with van der Waals surface area (Å²) < 4.78 is 13.0. The molecule has 4 rings (SSSR count). The average molecular weight is 431 g/mol. The highest BCUT2D eigenvalue weighted by Crippen LogP contribution is 2.25. The molecule has 0 aliphatic carbocycles. The molecule has 32 heavy (non-hydrogen) atoms. The van der Waals surface area contributed by atoms with Gasteiger partial charge in [-0.1, -0.05) is 0 Å². The molecule has 2 heterocycles. The Bertz CT molecular complexity index is 1220. The van der Waals surface area contributed by atoms with Crippen molar-refractivity contribution >= 4 is 17.4 Å². The molecule has 1 N–H and O–H groups in total. The molecule has 0 aliphatic heterocycles. The summed E-state index contributed by atoms with van der Waals surface area (Å²) >= 11 is 0. The van der Waals surface area contributed by atoms with Gasteiger partial charge in [-0.2, -0.15) is 10.1 Å². The van der Waals surface area contributed by atoms with E-state index in [0.717, 1.165) is 22.7 Å². The summed E-state index contributed by atoms with van der Waals surface area (Å²) in [6, 6.07) is 14.7. The van der Waals surface area contributed by atoms with Crippen molar-refractivity contribution in [3.8, 4) is 17.2 Å². The molecule has 0 unspecified atom stereocenters. The van der Waals surface area contributed by atoms with Crippen molar-refractivity contribution in [2.75, 3.05) is 11.9 Å². The monoisotopic (exact) mass is 431 g/mol. The normalized spacial score (nSPS) is 10.8. The lowest BCUT2D eigenvalue weighted by Crippen LogP contribution is -2.14. The van der Waals surface area contributed by atoms with Crippen molar-refractivity contribution < 1.29 is 14.3 Å². The second-order valence-electron chi connectivity index (χ2n) is 7.31. The van der Waals surface area contributed by atoms with Gasteiger partial charge >= 0.3 is 0 Å². The SMILES string of the molecule is CCOc1ccc(Oc2ccc(NC(=O)CCc3c(C)nc4ncnn4c3C)cc2)cc1. The van der Waals surface area contributed by atoms with E-state index in [9.17, 15) is 4.79 Å². The number of fused-ring (bicyclic) bond motifs is 1. The summed E-state index contributed by atoms with van der Waals surface area (Å²) in [5.74, 6) is 2.71. The summed E-state index contributed by atoms with van der Waals surface area (Å²) in [5.41, 5.74) is 3.55. The fraction of sp³-hybridized carbons (Fsp3) is 0.250. The molecule has 1 amide bonds. The summed E-state index contributed by atoms with van der Waals surface area (Å²) in [5, 5.41) is 7.12. The molecule has 0 atom stereocenters. The smallest absolute Gasteiger partial charge is 0.252 e. The number of carbonyl (C=O) groups excluding carboxylic acids is 1. The number of rotatable bonds is 8. The number of aromatic nitrogens is 4. The number of benzene rings is 2. The first-order chi connectivity index (χ1) is 15.5. The van der Waals surface area contributed by atoms with Gasteiger partial charge in [0.15, 0.2) is 0 Å². The third-order valence-electron chi connectivity index (χ3n) is 5.10. The Kier molecular flexibility index (Phi) is 6.30. The number of anilines is 1. The molecule has 0 radical (unpaired) electrons. The number of nitrogens with zero attached hydrogens (tertiary/aromatic N) is 4. The Hall–Kier alpha value is -3.94. The summed E-state index contributed by atoms with van der Waals surface area (Å²) in [4.78, 5) is 21.0. The van der Waals surface area contributed by atoms with Crippen LogP contribution in [0.4, 0.5) is 5.69 Å². The summed E-state index contributed by atoms with van der Waals surface area (Å²) in [6.07, 6.45) is 2.40. The molecular weight excluding hydrogens is 406 g/mol. The van der Waals surface area contributed by atoms with Crippen LogP contribution in [0.25, 0.3) is 5.78 Å². The molecule has 4 aromatic rings. The van der Waals surface area contributed by atoms with E-state index in [1.165, 1.54) is 6.33 Å². The van der Waals surface area contributed by atoms with Gasteiger partial charge in [0.1, 0.15) is 23.6 Å². The Morgan fingerprint density at radius 3 is 2.34 bits per heavy atom. The van der Waals surface area contributed by atoms with Crippen LogP contribution < -0.4 is 14.8 Å². The first kappa shape index (κ1) is 21.3. The van der Waals surface area contributed by atoms with Gasteiger partial charge in [-0.25, -0.2) is 9.50 Å². The van der Waals surface area contributed by atoms with Gasteiger partial charge in [-0.05, 0) is 81.3 Å². The molecule has 0 bridgehead atoms. The first-order valence-electron chi connectivity index (χ1n) is 10.5. The van der Waals surface area contributed by atoms with Crippen molar-refractivity contribution in [2.24, 2.45) is 0 Å². The number of nitrogens with one attached hydrogen (secondary N) is 1. The maximum atomic E-state index is 12.5. The van der Waals surface area contributed by atoms with Crippen LogP contribution in [-0.4, -0.2) is 32.1 Å². The molecule has 2 aromatic heterocycles. The van der Waals surface area contributed by atoms with Crippen LogP contribution in [0, 0.1) is 13.8 Å². The number of hydrogen-bond acceptors (Lipinski definition) is 6. The average Bonchev–Trinajstić information content (AvgIpc) is 3.25. The van der Waals surface area contributed by atoms with Crippen LogP contribution in [0.1, 0.15) is 30.3 Å². The number of ether oxygens (including phenoxy) is 2. The highest BCUT2D eigenvalue weighted by molar-refractivity contribution is 5.90. The van der Waals surface area contributed by atoms with Gasteiger partial charge < -0.3 is 14.8 Å². The molecular formula is C24H25N5O3. The van der Waals surface area contributed by atoms with Crippen molar-refractivity contribution in [3.63, 3.8) is 0 Å². The van der Waals surface area contributed by atoms with Crippen LogP contribution in [0.5, 0.6) is 17.2 Å². The highest BCUT2D eigenvalue weighted by atomic mass is 16.5. The zero-order valence-electron chi connectivity index (χ0n) is 18.3. The summed E-state index contributed by atoms with van der Waals surface area (Å²) in [7, 11) is 0. The lowest BCUT2D eigenvalue weighted by atomic mass is 10.1. The number of amides is 1. The van der Waals surface area contributed by atoms with Gasteiger partial charge in [0.25, 0.3) is 5.78 Å². The van der Waals surface area contributed by atoms with E-state index in [1.807, 2.05) is 69.3 Å². The molecule has 2 aromatic carbocycles. The molecule has 8 nitrogen and oxygen atoms in total. The molecule has 0 spiro atoms. The van der Waals surface area contributed by atoms with Crippen LogP contribution in [0.3, 0.4) is 0 Å². The van der Waals surface area contributed by atoms with E-state index >= 15 is 0 Å². The number of carbonyl (C=O) groups is 1. The second-order valence-corrected chi connectivity index (χ2v) is 7.31. The van der Waals surface area contributed by atoms with Gasteiger partial charge in [0.2, 0.25) is 5.91 Å². The molecule has 0 saturated carbocycles. The van der Waals surface area contributed by atoms with Crippen LogP contribution in [0.15, 0.2) is 54.9 Å². The van der Waals surface area contributed by atoms with Crippen LogP contribution in [0.2, 0.25) is 0 Å². The highest BCUT2D eigenvalue weighted by Gasteiger charge is 2.13. The minimum absolute atomic E-state index is 0.0670. The molecule has 164 valence electrons. The van der Waals surface area contributed by atoms with Crippen LogP contribution >= 0.6 is 0 Å². The lowest BCUT2D eigenvalue weighted by Gasteiger charge is -2.11. The van der Waals surface area contributed by atoms with E-state index < -0.39 is 0 Å². The summed E-state index contributed by atoms with van der Waals surface area (Å²) in [6.45, 7) is 6.47. The third kappa shape index (κ3) is 4.85. The van der Waals surface area contributed by atoms with E-state index in [0.29, 0.717) is 42.4 Å². The van der Waals surface area contributed by atoms with Crippen LogP contribution in [-0.2, 0) is 11.2 Å². The van der Waals surface area contributed by atoms with E-state index in [4.69, 9.17) is 9.47 Å². The molecule has 0 aliphatic rings. The maximum Gasteiger partial charge on any atom is 0.252 e. The van der Waals surface area contributed by atoms with Gasteiger partial charge in [0.05, 0.1) is 6.61 Å². The fourth-order valence-corrected chi connectivity index (χ4v) is 3.49. The van der Waals surface area contributed by atoms with Gasteiger partial charge in [0, 0.05) is 23.5 Å². The maximum absolute atomic E-state index is 12.5. The first-order valence-corrected chi connectivity index (χ1v) is 10.5. The molecule has 0 fully saturated rings. The standard InChI is InChI=1S/C24H25N5O3/c1-4-31-19-9-11-21(12-10-19)32-20-7-5-18(6-8-20)28-23(30)14-13-22-16(2)27-24-25-15-26-29(24)17(22)3/h5-12,15H,4,13-14H2,1-3H3,(H,28,30). The second kappa shape index (κ2) is 9.47. The zero-order valence-corrected chi connectivity index (χ0v) is 18.3. The Labute approximate surface area is 186 Å². The van der Waals surface area contributed by atoms with Crippen molar-refractivity contribution in [3.05, 3.63) is 71.8 Å². The quantitative estimate of drug-likeness (QED) is 0.442. The Morgan fingerprint density at radius 1 is 1.00 bits per heavy atom. The molecule has 8 heteroatoms. The van der Waals surface area contributed by atoms with Crippen molar-refractivity contribution in [2.45, 2.75) is 33.6 Å². The zero-order chi connectivity index (χ0) is 22.5. The minimum Gasteiger partial charge on any atom is -0.494 e. The Morgan fingerprint density at radius 2 is 1.66 bits per heavy atom. The van der Waals surface area contributed by atoms with Gasteiger partial charge in [-0.3, -0.25) is 4.79 Å². The predicted octanol–water partition coefficient (Wildman–Crippen LogP) is 4.50.